The van der Waals surface area contributed by atoms with Crippen LogP contribution in [0.25, 0.3) is 28.2 Å². The molecule has 0 spiro atoms. The average Bonchev–Trinajstić information content (AvgIpc) is 3.72. The van der Waals surface area contributed by atoms with Crippen molar-refractivity contribution in [1.82, 2.24) is 9.55 Å². The number of para-hydroxylation sites is 1. The van der Waals surface area contributed by atoms with E-state index in [0.29, 0.717) is 43.4 Å². The zero-order chi connectivity index (χ0) is 29.7. The van der Waals surface area contributed by atoms with Crippen LogP contribution in [0.2, 0.25) is 0 Å². The van der Waals surface area contributed by atoms with Crippen molar-refractivity contribution >= 4 is 34.3 Å². The average molecular weight is 594 g/mol. The smallest absolute Gasteiger partial charge is 0.338 e. The van der Waals surface area contributed by atoms with E-state index >= 15 is 0 Å². The van der Waals surface area contributed by atoms with Crippen LogP contribution in [0, 0.1) is 0 Å². The van der Waals surface area contributed by atoms with Gasteiger partial charge < -0.3 is 23.9 Å². The number of nitrogens with one attached hydrogen (secondary N) is 1. The monoisotopic (exact) mass is 593 g/mol. The fourth-order valence-corrected chi connectivity index (χ4v) is 6.71. The van der Waals surface area contributed by atoms with Crippen molar-refractivity contribution in [3.05, 3.63) is 109 Å². The summed E-state index contributed by atoms with van der Waals surface area (Å²) in [5, 5.41) is 0.916. The van der Waals surface area contributed by atoms with Crippen molar-refractivity contribution in [1.29, 1.82) is 0 Å². The van der Waals surface area contributed by atoms with Crippen LogP contribution in [0.1, 0.15) is 31.0 Å². The molecule has 0 amide bonds. The second-order valence-electron chi connectivity index (χ2n) is 10.1. The summed E-state index contributed by atoms with van der Waals surface area (Å²) in [6, 6.07) is 20.5. The molecule has 1 N–H and O–H groups in total. The number of rotatable bonds is 6. The summed E-state index contributed by atoms with van der Waals surface area (Å²) in [4.78, 5) is 36.3. The summed E-state index contributed by atoms with van der Waals surface area (Å²) in [6.45, 7) is 3.82. The van der Waals surface area contributed by atoms with Gasteiger partial charge in [0, 0.05) is 10.9 Å². The molecule has 9 nitrogen and oxygen atoms in total. The van der Waals surface area contributed by atoms with Gasteiger partial charge in [0.25, 0.3) is 5.56 Å². The zero-order valence-electron chi connectivity index (χ0n) is 23.7. The lowest BCUT2D eigenvalue weighted by atomic mass is 9.95. The van der Waals surface area contributed by atoms with Crippen LogP contribution >= 0.6 is 11.3 Å². The van der Waals surface area contributed by atoms with E-state index in [1.54, 1.807) is 31.6 Å². The molecule has 43 heavy (non-hydrogen) atoms. The van der Waals surface area contributed by atoms with Gasteiger partial charge in [-0.05, 0) is 49.2 Å². The molecular formula is C33H27N3O6S. The first-order chi connectivity index (χ1) is 21.0. The molecule has 0 unspecified atom stereocenters. The van der Waals surface area contributed by atoms with Gasteiger partial charge in [-0.25, -0.2) is 9.79 Å². The minimum Gasteiger partial charge on any atom is -0.495 e. The number of aromatic amines is 1. The Balaban J connectivity index is 1.48. The molecule has 216 valence electrons. The number of benzene rings is 3. The van der Waals surface area contributed by atoms with Gasteiger partial charge in [-0.2, -0.15) is 0 Å². The molecule has 0 radical (unpaired) electrons. The van der Waals surface area contributed by atoms with E-state index in [9.17, 15) is 9.59 Å². The maximum absolute atomic E-state index is 14.3. The number of hydrogen-bond acceptors (Lipinski definition) is 8. The minimum absolute atomic E-state index is 0.111. The summed E-state index contributed by atoms with van der Waals surface area (Å²) in [6.07, 6.45) is 1.89. The van der Waals surface area contributed by atoms with E-state index in [1.807, 2.05) is 66.7 Å². The molecule has 0 saturated heterocycles. The van der Waals surface area contributed by atoms with E-state index in [1.165, 1.54) is 11.3 Å². The van der Waals surface area contributed by atoms with E-state index in [2.05, 4.69) is 4.98 Å². The highest BCUT2D eigenvalue weighted by Crippen LogP contribution is 2.39. The number of fused-ring (bicyclic) bond motifs is 3. The normalized spacial score (nSPS) is 15.9. The Labute approximate surface area is 249 Å². The van der Waals surface area contributed by atoms with Crippen molar-refractivity contribution in [2.24, 2.45) is 4.99 Å². The molecule has 4 heterocycles. The van der Waals surface area contributed by atoms with E-state index < -0.39 is 12.0 Å². The number of allylic oxidation sites excluding steroid dienone is 1. The van der Waals surface area contributed by atoms with Crippen LogP contribution in [-0.4, -0.2) is 36.0 Å². The number of esters is 1. The number of methoxy groups -OCH3 is 1. The van der Waals surface area contributed by atoms with Gasteiger partial charge in [0.15, 0.2) is 16.3 Å². The number of hydrogen-bond donors (Lipinski definition) is 1. The van der Waals surface area contributed by atoms with Gasteiger partial charge in [0.1, 0.15) is 5.75 Å². The van der Waals surface area contributed by atoms with Crippen LogP contribution in [0.15, 0.2) is 87.8 Å². The molecule has 3 aromatic carbocycles. The van der Waals surface area contributed by atoms with E-state index in [0.717, 1.165) is 27.7 Å². The molecule has 10 heteroatoms. The first-order valence-corrected chi connectivity index (χ1v) is 14.6. The van der Waals surface area contributed by atoms with E-state index in [-0.39, 0.29) is 19.0 Å². The number of carbonyl (C=O) groups excluding carboxylic acids is 1. The summed E-state index contributed by atoms with van der Waals surface area (Å²) in [5.41, 5.74) is 4.75. The van der Waals surface area contributed by atoms with Crippen molar-refractivity contribution in [3.63, 3.8) is 0 Å². The topological polar surface area (TPSA) is 104 Å². The molecule has 0 fully saturated rings. The third kappa shape index (κ3) is 4.42. The predicted octanol–water partition coefficient (Wildman–Crippen LogP) is 4.68. The number of thiazole rings is 1. The molecule has 0 aliphatic carbocycles. The van der Waals surface area contributed by atoms with Crippen LogP contribution in [0.3, 0.4) is 0 Å². The van der Waals surface area contributed by atoms with Crippen LogP contribution in [0.5, 0.6) is 17.2 Å². The summed E-state index contributed by atoms with van der Waals surface area (Å²) < 4.78 is 24.2. The van der Waals surface area contributed by atoms with Crippen LogP contribution in [-0.2, 0) is 9.53 Å². The second-order valence-corrected chi connectivity index (χ2v) is 11.1. The molecule has 2 aliphatic heterocycles. The Hall–Kier alpha value is -5.09. The lowest BCUT2D eigenvalue weighted by Gasteiger charge is -2.24. The maximum atomic E-state index is 14.3. The molecule has 7 rings (SSSR count). The molecule has 2 aliphatic rings. The quantitative estimate of drug-likeness (QED) is 0.287. The number of aromatic nitrogens is 2. The number of nitrogens with zero attached hydrogens (tertiary/aromatic N) is 2. The fraction of sp³-hybridized carbons (Fsp3) is 0.182. The highest BCUT2D eigenvalue weighted by atomic mass is 32.1. The Morgan fingerprint density at radius 1 is 1.12 bits per heavy atom. The summed E-state index contributed by atoms with van der Waals surface area (Å²) >= 11 is 1.28. The van der Waals surface area contributed by atoms with Gasteiger partial charge >= 0.3 is 5.97 Å². The Morgan fingerprint density at radius 3 is 2.72 bits per heavy atom. The summed E-state index contributed by atoms with van der Waals surface area (Å²) in [5.74, 6) is 1.35. The highest BCUT2D eigenvalue weighted by molar-refractivity contribution is 7.07. The second kappa shape index (κ2) is 10.6. The molecule has 1 atom stereocenters. The van der Waals surface area contributed by atoms with Gasteiger partial charge in [-0.3, -0.25) is 9.36 Å². The number of carbonyl (C=O) groups is 1. The predicted molar refractivity (Wildman–Crippen MR) is 163 cm³/mol. The van der Waals surface area contributed by atoms with Crippen molar-refractivity contribution in [2.45, 2.75) is 19.9 Å². The maximum Gasteiger partial charge on any atom is 0.338 e. The van der Waals surface area contributed by atoms with Gasteiger partial charge in [-0.15, -0.1) is 0 Å². The van der Waals surface area contributed by atoms with Crippen LogP contribution in [0.4, 0.5) is 0 Å². The van der Waals surface area contributed by atoms with Crippen LogP contribution < -0.4 is 29.1 Å². The van der Waals surface area contributed by atoms with Gasteiger partial charge in [-0.1, -0.05) is 59.9 Å². The SMILES string of the molecule is CCOC(=O)C1=C(C)N=c2sc(=Cc3c(-c4ccccc4)[nH]c4c(OC)cccc34)c(=O)n2[C@@H]1c1ccc2c(c1)OCO2. The largest absolute Gasteiger partial charge is 0.495 e. The van der Waals surface area contributed by atoms with Crippen molar-refractivity contribution in [3.8, 4) is 28.5 Å². The molecule has 0 saturated carbocycles. The first-order valence-electron chi connectivity index (χ1n) is 13.8. The minimum atomic E-state index is -0.761. The Morgan fingerprint density at radius 2 is 1.93 bits per heavy atom. The van der Waals surface area contributed by atoms with Crippen molar-refractivity contribution in [2.75, 3.05) is 20.5 Å². The Kier molecular flexibility index (Phi) is 6.62. The lowest BCUT2D eigenvalue weighted by molar-refractivity contribution is -0.139. The Bertz CT molecular complexity index is 2120. The molecular weight excluding hydrogens is 566 g/mol. The number of H-pyrrole nitrogens is 1. The summed E-state index contributed by atoms with van der Waals surface area (Å²) in [7, 11) is 1.63. The van der Waals surface area contributed by atoms with E-state index in [4.69, 9.17) is 23.9 Å². The fourth-order valence-electron chi connectivity index (χ4n) is 5.69. The third-order valence-electron chi connectivity index (χ3n) is 7.62. The molecule has 2 aromatic heterocycles. The van der Waals surface area contributed by atoms with Gasteiger partial charge in [0.2, 0.25) is 6.79 Å². The molecule has 5 aromatic rings. The van der Waals surface area contributed by atoms with Crippen molar-refractivity contribution < 1.29 is 23.7 Å². The molecule has 0 bridgehead atoms. The highest BCUT2D eigenvalue weighted by Gasteiger charge is 2.34. The van der Waals surface area contributed by atoms with Gasteiger partial charge in [0.05, 0.1) is 46.8 Å². The zero-order valence-corrected chi connectivity index (χ0v) is 24.5. The first kappa shape index (κ1) is 26.8. The third-order valence-corrected chi connectivity index (χ3v) is 8.61. The lowest BCUT2D eigenvalue weighted by Crippen LogP contribution is -2.39. The number of ether oxygens (including phenoxy) is 4. The standard InChI is InChI=1S/C33H27N3O6S/c1-4-40-32(38)27-18(2)34-33-36(30(27)20-13-14-23-25(15-20)42-17-41-23)31(37)26(43-33)16-22-21-11-8-12-24(39-3)29(21)35-28(22)19-9-6-5-7-10-19/h5-16,30,35H,4,17H2,1-3H3/t30-/m1/s1.